The Morgan fingerprint density at radius 3 is 2.06 bits per heavy atom. The molecule has 0 aliphatic rings. The predicted octanol–water partition coefficient (Wildman–Crippen LogP) is 2.35. The van der Waals surface area contributed by atoms with Crippen LogP contribution in [0.25, 0.3) is 0 Å². The highest BCUT2D eigenvalue weighted by Gasteiger charge is 2.16. The predicted molar refractivity (Wildman–Crippen MR) is 121 cm³/mol. The van der Waals surface area contributed by atoms with Crippen LogP contribution >= 0.6 is 0 Å². The average Bonchev–Trinajstić information content (AvgIpc) is 2.71. The van der Waals surface area contributed by atoms with Gasteiger partial charge in [0.1, 0.15) is 0 Å². The summed E-state index contributed by atoms with van der Waals surface area (Å²) >= 11 is 0. The zero-order valence-electron chi connectivity index (χ0n) is 18.7. The van der Waals surface area contributed by atoms with Gasteiger partial charge in [-0.15, -0.1) is 0 Å². The summed E-state index contributed by atoms with van der Waals surface area (Å²) < 4.78 is 5.17. The number of hydrogen-bond donors (Lipinski definition) is 3. The first kappa shape index (κ1) is 24.1. The van der Waals surface area contributed by atoms with Gasteiger partial charge in [0.25, 0.3) is 11.8 Å². The lowest BCUT2D eigenvalue weighted by atomic mass is 10.1. The Labute approximate surface area is 183 Å². The average molecular weight is 427 g/mol. The van der Waals surface area contributed by atoms with Crippen LogP contribution in [0.1, 0.15) is 41.3 Å². The van der Waals surface area contributed by atoms with Crippen LogP contribution in [0.4, 0.5) is 11.4 Å². The molecule has 2 aromatic carbocycles. The van der Waals surface area contributed by atoms with E-state index in [1.54, 1.807) is 31.3 Å². The van der Waals surface area contributed by atoms with E-state index in [9.17, 15) is 14.4 Å². The molecule has 0 saturated heterocycles. The molecule has 3 N–H and O–H groups in total. The van der Waals surface area contributed by atoms with Crippen molar-refractivity contribution in [2.75, 3.05) is 37.4 Å². The highest BCUT2D eigenvalue weighted by molar-refractivity contribution is 5.94. The molecule has 0 bridgehead atoms. The summed E-state index contributed by atoms with van der Waals surface area (Å²) in [4.78, 5) is 37.3. The quantitative estimate of drug-likeness (QED) is 0.402. The van der Waals surface area contributed by atoms with Crippen LogP contribution in [0.15, 0.2) is 42.5 Å². The summed E-state index contributed by atoms with van der Waals surface area (Å²) in [5.74, 6) is -0.727. The molecule has 2 rings (SSSR count). The summed E-state index contributed by atoms with van der Waals surface area (Å²) in [7, 11) is 1.79. The molecule has 0 aromatic heterocycles. The Hall–Kier alpha value is -3.19. The highest BCUT2D eigenvalue weighted by atomic mass is 16.5. The van der Waals surface area contributed by atoms with Gasteiger partial charge in [-0.2, -0.15) is 0 Å². The number of rotatable bonds is 10. The van der Waals surface area contributed by atoms with Gasteiger partial charge in [-0.25, -0.2) is 4.79 Å². The summed E-state index contributed by atoms with van der Waals surface area (Å²) in [6.07, 6.45) is 1.79. The van der Waals surface area contributed by atoms with E-state index < -0.39 is 0 Å². The van der Waals surface area contributed by atoms with Crippen LogP contribution in [0.5, 0.6) is 0 Å². The van der Waals surface area contributed by atoms with Gasteiger partial charge in [-0.1, -0.05) is 31.5 Å². The first-order valence-electron chi connectivity index (χ1n) is 10.5. The van der Waals surface area contributed by atoms with Crippen molar-refractivity contribution in [1.29, 1.82) is 0 Å². The molecule has 0 heterocycles. The molecule has 0 fully saturated rings. The summed E-state index contributed by atoms with van der Waals surface area (Å²) in [6, 6.07) is 12.4. The zero-order valence-corrected chi connectivity index (χ0v) is 18.7. The van der Waals surface area contributed by atoms with Crippen LogP contribution in [0, 0.1) is 13.8 Å². The fourth-order valence-electron chi connectivity index (χ4n) is 3.09. The SMILES string of the molecule is CCCCOC(=O)c1ccc(NC(=O)C[NH+](C)CC(=O)Nc2c(C)cccc2C)cc1. The molecule has 1 atom stereocenters. The normalized spacial score (nSPS) is 11.5. The lowest BCUT2D eigenvalue weighted by Gasteiger charge is -2.15. The second-order valence-electron chi connectivity index (χ2n) is 7.74. The van der Waals surface area contributed by atoms with Gasteiger partial charge in [0.2, 0.25) is 0 Å². The van der Waals surface area contributed by atoms with Gasteiger partial charge in [0.15, 0.2) is 13.1 Å². The van der Waals surface area contributed by atoms with Crippen molar-refractivity contribution in [1.82, 2.24) is 0 Å². The van der Waals surface area contributed by atoms with Crippen molar-refractivity contribution < 1.29 is 24.0 Å². The highest BCUT2D eigenvalue weighted by Crippen LogP contribution is 2.18. The lowest BCUT2D eigenvalue weighted by Crippen LogP contribution is -3.11. The van der Waals surface area contributed by atoms with Crippen molar-refractivity contribution in [3.63, 3.8) is 0 Å². The molecule has 0 spiro atoms. The van der Waals surface area contributed by atoms with Crippen molar-refractivity contribution in [2.45, 2.75) is 33.6 Å². The van der Waals surface area contributed by atoms with E-state index in [0.717, 1.165) is 34.6 Å². The molecular weight excluding hydrogens is 394 g/mol. The third-order valence-electron chi connectivity index (χ3n) is 4.81. The maximum Gasteiger partial charge on any atom is 0.338 e. The van der Waals surface area contributed by atoms with Crippen molar-refractivity contribution in [3.8, 4) is 0 Å². The Bertz CT molecular complexity index is 889. The van der Waals surface area contributed by atoms with E-state index in [1.807, 2.05) is 39.0 Å². The largest absolute Gasteiger partial charge is 0.462 e. The number of benzene rings is 2. The minimum Gasteiger partial charge on any atom is -0.462 e. The number of quaternary nitrogens is 1. The topological polar surface area (TPSA) is 88.9 Å². The third-order valence-corrected chi connectivity index (χ3v) is 4.81. The molecule has 2 aromatic rings. The second kappa shape index (κ2) is 11.9. The number of anilines is 2. The van der Waals surface area contributed by atoms with Gasteiger partial charge in [0, 0.05) is 11.4 Å². The van der Waals surface area contributed by atoms with E-state index in [0.29, 0.717) is 17.9 Å². The van der Waals surface area contributed by atoms with Crippen molar-refractivity contribution in [3.05, 3.63) is 59.2 Å². The number of hydrogen-bond acceptors (Lipinski definition) is 4. The fourth-order valence-corrected chi connectivity index (χ4v) is 3.09. The molecule has 1 unspecified atom stereocenters. The number of likely N-dealkylation sites (N-methyl/N-ethyl adjacent to an activating group) is 1. The Morgan fingerprint density at radius 1 is 0.903 bits per heavy atom. The Balaban J connectivity index is 1.81. The van der Waals surface area contributed by atoms with Crippen LogP contribution in [0.2, 0.25) is 0 Å². The van der Waals surface area contributed by atoms with E-state index in [1.165, 1.54) is 0 Å². The van der Waals surface area contributed by atoms with Crippen LogP contribution in [-0.2, 0) is 14.3 Å². The number of esters is 1. The van der Waals surface area contributed by atoms with Gasteiger partial charge in [-0.05, 0) is 55.7 Å². The fraction of sp³-hybridized carbons (Fsp3) is 0.375. The van der Waals surface area contributed by atoms with Crippen molar-refractivity contribution >= 4 is 29.2 Å². The molecule has 0 aliphatic heterocycles. The number of ether oxygens (including phenoxy) is 1. The summed E-state index contributed by atoms with van der Waals surface area (Å²) in [5.41, 5.74) is 3.85. The maximum atomic E-state index is 12.4. The van der Waals surface area contributed by atoms with Gasteiger partial charge < -0.3 is 20.3 Å². The molecule has 7 nitrogen and oxygen atoms in total. The number of unbranched alkanes of at least 4 members (excludes halogenated alkanes) is 1. The van der Waals surface area contributed by atoms with E-state index >= 15 is 0 Å². The lowest BCUT2D eigenvalue weighted by molar-refractivity contribution is -0.862. The number of amides is 2. The van der Waals surface area contributed by atoms with Crippen molar-refractivity contribution in [2.24, 2.45) is 0 Å². The number of aryl methyl sites for hydroxylation is 2. The maximum absolute atomic E-state index is 12.4. The monoisotopic (exact) mass is 426 g/mol. The first-order valence-corrected chi connectivity index (χ1v) is 10.5. The molecule has 166 valence electrons. The Kier molecular flexibility index (Phi) is 9.21. The number of nitrogens with one attached hydrogen (secondary N) is 3. The van der Waals surface area contributed by atoms with Crippen LogP contribution in [0.3, 0.4) is 0 Å². The molecule has 0 radical (unpaired) electrons. The molecular formula is C24H32N3O4+. The summed E-state index contributed by atoms with van der Waals surface area (Å²) in [6.45, 7) is 6.64. The summed E-state index contributed by atoms with van der Waals surface area (Å²) in [5, 5.41) is 5.72. The number of carbonyl (C=O) groups is 3. The van der Waals surface area contributed by atoms with Gasteiger partial charge >= 0.3 is 5.97 Å². The zero-order chi connectivity index (χ0) is 22.8. The van der Waals surface area contributed by atoms with E-state index in [4.69, 9.17) is 4.74 Å². The number of para-hydroxylation sites is 1. The van der Waals surface area contributed by atoms with Gasteiger partial charge in [0.05, 0.1) is 19.2 Å². The molecule has 7 heteroatoms. The molecule has 31 heavy (non-hydrogen) atoms. The molecule has 2 amide bonds. The van der Waals surface area contributed by atoms with Gasteiger partial charge in [-0.3, -0.25) is 9.59 Å². The smallest absolute Gasteiger partial charge is 0.338 e. The minimum absolute atomic E-state index is 0.140. The van der Waals surface area contributed by atoms with Crippen LogP contribution in [-0.4, -0.2) is 44.5 Å². The van der Waals surface area contributed by atoms with E-state index in [2.05, 4.69) is 10.6 Å². The molecule has 0 aliphatic carbocycles. The van der Waals surface area contributed by atoms with E-state index in [-0.39, 0.29) is 30.9 Å². The number of carbonyl (C=O) groups excluding carboxylic acids is 3. The third kappa shape index (κ3) is 7.86. The second-order valence-corrected chi connectivity index (χ2v) is 7.74. The molecule has 0 saturated carbocycles. The van der Waals surface area contributed by atoms with Crippen LogP contribution < -0.4 is 15.5 Å². The first-order chi connectivity index (χ1) is 14.8. The standard InChI is InChI=1S/C24H31N3O4/c1-5-6-14-31-24(30)19-10-12-20(13-11-19)25-21(28)15-27(4)16-22(29)26-23-17(2)8-7-9-18(23)3/h7-13H,5-6,14-16H2,1-4H3,(H,25,28)(H,26,29)/p+1. The Morgan fingerprint density at radius 2 is 1.48 bits per heavy atom. The minimum atomic E-state index is -0.370.